The molecule has 0 fully saturated rings. The fourth-order valence-corrected chi connectivity index (χ4v) is 11.1. The average molecular weight is 942 g/mol. The minimum absolute atomic E-state index is 0.876. The molecule has 0 aliphatic rings. The maximum absolute atomic E-state index is 6.79. The van der Waals surface area contributed by atoms with Crippen molar-refractivity contribution >= 4 is 43.7 Å². The number of hydrogen-bond acceptors (Lipinski definition) is 1. The van der Waals surface area contributed by atoms with Gasteiger partial charge in [0.15, 0.2) is 0 Å². The van der Waals surface area contributed by atoms with Crippen molar-refractivity contribution in [1.82, 2.24) is 4.57 Å². The van der Waals surface area contributed by atoms with Crippen LogP contribution in [-0.4, -0.2) is 4.57 Å². The second-order valence-electron chi connectivity index (χ2n) is 19.3. The van der Waals surface area contributed by atoms with Gasteiger partial charge in [-0.05, 0) is 156 Å². The Labute approximate surface area is 430 Å². The third kappa shape index (κ3) is 7.78. The molecule has 0 aliphatic heterocycles. The van der Waals surface area contributed by atoms with Crippen LogP contribution in [0.25, 0.3) is 138 Å². The van der Waals surface area contributed by atoms with Gasteiger partial charge in [0.2, 0.25) is 0 Å². The molecule has 0 saturated carbocycles. The Morgan fingerprint density at radius 2 is 0.608 bits per heavy atom. The molecule has 0 unspecified atom stereocenters. The van der Waals surface area contributed by atoms with E-state index in [1.54, 1.807) is 0 Å². The van der Waals surface area contributed by atoms with Crippen LogP contribution in [0.2, 0.25) is 0 Å². The van der Waals surface area contributed by atoms with Crippen LogP contribution in [-0.2, 0) is 0 Å². The van der Waals surface area contributed by atoms with Crippen molar-refractivity contribution in [2.75, 3.05) is 0 Å². The highest BCUT2D eigenvalue weighted by Crippen LogP contribution is 2.42. The molecule has 0 saturated heterocycles. The lowest BCUT2D eigenvalue weighted by Gasteiger charge is -2.11. The molecule has 0 atom stereocenters. The second-order valence-corrected chi connectivity index (χ2v) is 19.3. The lowest BCUT2D eigenvalue weighted by Crippen LogP contribution is -1.93. The van der Waals surface area contributed by atoms with Crippen molar-refractivity contribution in [3.63, 3.8) is 0 Å². The summed E-state index contributed by atoms with van der Waals surface area (Å²) in [4.78, 5) is 0. The Morgan fingerprint density at radius 1 is 0.216 bits per heavy atom. The summed E-state index contributed by atoms with van der Waals surface area (Å²) in [7, 11) is 0. The molecule has 2 nitrogen and oxygen atoms in total. The van der Waals surface area contributed by atoms with Crippen LogP contribution in [0, 0.1) is 0 Å². The van der Waals surface area contributed by atoms with Crippen LogP contribution in [0.5, 0.6) is 0 Å². The fraction of sp³-hybridized carbons (Fsp3) is 0. The number of rotatable bonds is 9. The zero-order valence-electron chi connectivity index (χ0n) is 40.5. The number of para-hydroxylation sites is 2. The molecule has 12 aromatic carbocycles. The number of nitrogens with zero attached hydrogens (tertiary/aromatic N) is 1. The third-order valence-electron chi connectivity index (χ3n) is 14.8. The number of hydrogen-bond donors (Lipinski definition) is 0. The fourth-order valence-electron chi connectivity index (χ4n) is 11.1. The van der Waals surface area contributed by atoms with E-state index in [2.05, 4.69) is 290 Å². The molecule has 0 radical (unpaired) electrons. The van der Waals surface area contributed by atoms with E-state index in [1.165, 1.54) is 88.6 Å². The first-order valence-corrected chi connectivity index (χ1v) is 25.4. The quantitative estimate of drug-likeness (QED) is 0.141. The van der Waals surface area contributed by atoms with Crippen LogP contribution in [0.15, 0.2) is 290 Å². The molecular formula is C72H47NO. The molecule has 0 spiro atoms. The third-order valence-corrected chi connectivity index (χ3v) is 14.8. The molecule has 0 amide bonds. The molecule has 74 heavy (non-hydrogen) atoms. The monoisotopic (exact) mass is 941 g/mol. The summed E-state index contributed by atoms with van der Waals surface area (Å²) >= 11 is 0. The van der Waals surface area contributed by atoms with Gasteiger partial charge in [-0.15, -0.1) is 0 Å². The Bertz CT molecular complexity index is 4410. The number of furan rings is 1. The van der Waals surface area contributed by atoms with Crippen LogP contribution in [0.3, 0.4) is 0 Å². The molecule has 0 bridgehead atoms. The maximum Gasteiger partial charge on any atom is 0.143 e. The van der Waals surface area contributed by atoms with Gasteiger partial charge in [0.1, 0.15) is 11.2 Å². The first kappa shape index (κ1) is 43.1. The molecule has 2 heteroatoms. The summed E-state index contributed by atoms with van der Waals surface area (Å²) < 4.78 is 9.18. The van der Waals surface area contributed by atoms with Gasteiger partial charge < -0.3 is 8.98 Å². The zero-order valence-corrected chi connectivity index (χ0v) is 40.5. The lowest BCUT2D eigenvalue weighted by atomic mass is 9.93. The highest BCUT2D eigenvalue weighted by Gasteiger charge is 2.18. The average Bonchev–Trinajstić information content (AvgIpc) is 4.04. The molecule has 0 N–H and O–H groups in total. The summed E-state index contributed by atoms with van der Waals surface area (Å²) in [6.07, 6.45) is 0. The van der Waals surface area contributed by atoms with Crippen molar-refractivity contribution in [2.24, 2.45) is 0 Å². The Hall–Kier alpha value is -9.76. The second kappa shape index (κ2) is 18.1. The molecule has 14 rings (SSSR count). The van der Waals surface area contributed by atoms with E-state index in [-0.39, 0.29) is 0 Å². The zero-order chi connectivity index (χ0) is 49.0. The lowest BCUT2D eigenvalue weighted by molar-refractivity contribution is 0.670. The summed E-state index contributed by atoms with van der Waals surface area (Å²) in [5.74, 6) is 0. The van der Waals surface area contributed by atoms with Gasteiger partial charge in [-0.25, -0.2) is 0 Å². The predicted molar refractivity (Wildman–Crippen MR) is 312 cm³/mol. The van der Waals surface area contributed by atoms with Crippen molar-refractivity contribution < 1.29 is 4.42 Å². The van der Waals surface area contributed by atoms with E-state index in [1.807, 2.05) is 0 Å². The van der Waals surface area contributed by atoms with Gasteiger partial charge in [-0.1, -0.05) is 212 Å². The van der Waals surface area contributed by atoms with Gasteiger partial charge in [-0.2, -0.15) is 0 Å². The van der Waals surface area contributed by atoms with E-state index in [0.29, 0.717) is 0 Å². The topological polar surface area (TPSA) is 18.1 Å². The van der Waals surface area contributed by atoms with Crippen molar-refractivity contribution in [1.29, 1.82) is 0 Å². The number of benzene rings is 12. The summed E-state index contributed by atoms with van der Waals surface area (Å²) in [5.41, 5.74) is 24.1. The molecule has 14 aromatic rings. The normalized spacial score (nSPS) is 11.5. The van der Waals surface area contributed by atoms with Gasteiger partial charge in [0, 0.05) is 32.8 Å². The molecule has 2 heterocycles. The largest absolute Gasteiger partial charge is 0.455 e. The van der Waals surface area contributed by atoms with Crippen molar-refractivity contribution in [3.8, 4) is 94.7 Å². The minimum atomic E-state index is 0.876. The Balaban J connectivity index is 0.772. The van der Waals surface area contributed by atoms with E-state index in [9.17, 15) is 0 Å². The highest BCUT2D eigenvalue weighted by atomic mass is 16.3. The number of aromatic nitrogens is 1. The molecule has 2 aromatic heterocycles. The van der Waals surface area contributed by atoms with Gasteiger partial charge in [0.05, 0.1) is 11.0 Å². The summed E-state index contributed by atoms with van der Waals surface area (Å²) in [6, 6.07) is 103. The van der Waals surface area contributed by atoms with Crippen LogP contribution in [0.1, 0.15) is 0 Å². The maximum atomic E-state index is 6.79. The first-order valence-electron chi connectivity index (χ1n) is 25.4. The van der Waals surface area contributed by atoms with Gasteiger partial charge in [-0.3, -0.25) is 0 Å². The Kier molecular flexibility index (Phi) is 10.6. The van der Waals surface area contributed by atoms with Crippen LogP contribution < -0.4 is 0 Å². The summed E-state index contributed by atoms with van der Waals surface area (Å²) in [5, 5.41) is 4.63. The molecular weight excluding hydrogens is 895 g/mol. The smallest absolute Gasteiger partial charge is 0.143 e. The standard InChI is InChI=1S/C72H47NO/c1-4-16-48(17-5-1)50-20-10-21-51(40-50)52-22-11-23-53(41-52)54-24-12-25-55(42-54)56-26-13-27-57(43-56)58-28-14-29-59(44-58)60-36-39-71-68(45-60)66-33-15-32-64(72(66)74-71)62-35-38-69-67(46-62)65-37-34-61(49-18-6-2-7-19-49)47-70(65)73(69)63-30-8-3-9-31-63/h1-47H. The van der Waals surface area contributed by atoms with Crippen LogP contribution >= 0.6 is 0 Å². The van der Waals surface area contributed by atoms with Gasteiger partial charge >= 0.3 is 0 Å². The van der Waals surface area contributed by atoms with Crippen molar-refractivity contribution in [3.05, 3.63) is 285 Å². The van der Waals surface area contributed by atoms with Crippen molar-refractivity contribution in [2.45, 2.75) is 0 Å². The van der Waals surface area contributed by atoms with E-state index in [0.717, 1.165) is 49.9 Å². The molecule has 0 aliphatic carbocycles. The van der Waals surface area contributed by atoms with Crippen LogP contribution in [0.4, 0.5) is 0 Å². The van der Waals surface area contributed by atoms with E-state index >= 15 is 0 Å². The van der Waals surface area contributed by atoms with E-state index in [4.69, 9.17) is 4.42 Å². The van der Waals surface area contributed by atoms with Gasteiger partial charge in [0.25, 0.3) is 0 Å². The minimum Gasteiger partial charge on any atom is -0.455 e. The highest BCUT2D eigenvalue weighted by molar-refractivity contribution is 6.14. The summed E-state index contributed by atoms with van der Waals surface area (Å²) in [6.45, 7) is 0. The first-order chi connectivity index (χ1) is 36.6. The Morgan fingerprint density at radius 3 is 1.12 bits per heavy atom. The van der Waals surface area contributed by atoms with E-state index < -0.39 is 0 Å². The molecule has 346 valence electrons. The number of fused-ring (bicyclic) bond motifs is 6. The predicted octanol–water partition coefficient (Wildman–Crippen LogP) is 20.0. The SMILES string of the molecule is c1ccc(-c2cccc(-c3cccc(-c4cccc(-c5cccc(-c6cccc(-c7ccc8oc9c(-c%10ccc%11c(c%10)c%10ccc(-c%12ccccc%12)cc%10n%11-c%10ccccc%10)cccc9c8c7)c6)c5)c4)c3)c2)cc1.